The Balaban J connectivity index is 1.59. The molecule has 0 spiro atoms. The minimum Gasteiger partial charge on any atom is -0.507 e. The van der Waals surface area contributed by atoms with Gasteiger partial charge in [0.05, 0.1) is 11.1 Å². The number of carbonyl (C=O) groups is 1. The maximum absolute atomic E-state index is 14.4. The van der Waals surface area contributed by atoms with Crippen molar-refractivity contribution in [2.75, 3.05) is 6.54 Å². The lowest BCUT2D eigenvalue weighted by molar-refractivity contribution is 0.0730. The molecule has 1 aliphatic rings. The molecule has 0 aliphatic carbocycles. The van der Waals surface area contributed by atoms with E-state index in [-0.39, 0.29) is 28.7 Å². The van der Waals surface area contributed by atoms with Gasteiger partial charge in [0.1, 0.15) is 23.1 Å². The van der Waals surface area contributed by atoms with Crippen LogP contribution in [0.25, 0.3) is 22.3 Å². The van der Waals surface area contributed by atoms with Crippen molar-refractivity contribution < 1.29 is 18.7 Å². The van der Waals surface area contributed by atoms with Gasteiger partial charge in [0.2, 0.25) is 0 Å². The molecule has 4 aromatic rings. The summed E-state index contributed by atoms with van der Waals surface area (Å²) in [5.41, 5.74) is 3.22. The van der Waals surface area contributed by atoms with Crippen LogP contribution in [0.5, 0.6) is 5.75 Å². The molecule has 1 N–H and O–H groups in total. The number of hydrogen-bond donors (Lipinski definition) is 1. The number of phenols is 1. The average molecular weight is 431 g/mol. The van der Waals surface area contributed by atoms with Crippen LogP contribution in [0.3, 0.4) is 0 Å². The van der Waals surface area contributed by atoms with Crippen LogP contribution in [-0.2, 0) is 13.0 Å². The molecule has 0 atom stereocenters. The van der Waals surface area contributed by atoms with E-state index in [4.69, 9.17) is 0 Å². The molecule has 32 heavy (non-hydrogen) atoms. The molecule has 2 heterocycles. The van der Waals surface area contributed by atoms with E-state index in [2.05, 4.69) is 9.97 Å². The SMILES string of the molecule is Cc1ccc2c(c1O)CCN(C(=O)c1nc(-c3ccc(F)cc3F)nc3ccccc13)C2. The Hall–Kier alpha value is -3.87. The van der Waals surface area contributed by atoms with Crippen LogP contribution < -0.4 is 0 Å². The van der Waals surface area contributed by atoms with Gasteiger partial charge >= 0.3 is 0 Å². The third-order valence-corrected chi connectivity index (χ3v) is 5.84. The summed E-state index contributed by atoms with van der Waals surface area (Å²) < 4.78 is 27.8. The maximum atomic E-state index is 14.4. The number of phenolic OH excluding ortho intramolecular Hbond substituents is 1. The standard InChI is InChI=1S/C25H19F2N3O2/c1-14-6-7-15-13-30(11-10-17(15)23(14)31)25(32)22-19-4-2-3-5-21(19)28-24(29-22)18-9-8-16(26)12-20(18)27/h2-9,12,31H,10-11,13H2,1H3. The van der Waals surface area contributed by atoms with E-state index in [0.29, 0.717) is 30.4 Å². The highest BCUT2D eigenvalue weighted by molar-refractivity contribution is 6.05. The Labute approximate surface area is 183 Å². The second-order valence-corrected chi connectivity index (χ2v) is 7.88. The third kappa shape index (κ3) is 3.36. The zero-order valence-electron chi connectivity index (χ0n) is 17.3. The van der Waals surface area contributed by atoms with Crippen molar-refractivity contribution in [2.24, 2.45) is 0 Å². The second kappa shape index (κ2) is 7.67. The van der Waals surface area contributed by atoms with Crippen molar-refractivity contribution in [3.63, 3.8) is 0 Å². The number of hydrogen-bond acceptors (Lipinski definition) is 4. The molecular formula is C25H19F2N3O2. The highest BCUT2D eigenvalue weighted by Gasteiger charge is 2.27. The summed E-state index contributed by atoms with van der Waals surface area (Å²) in [5.74, 6) is -1.50. The van der Waals surface area contributed by atoms with Crippen molar-refractivity contribution in [1.82, 2.24) is 14.9 Å². The minimum absolute atomic E-state index is 0.0234. The molecule has 7 heteroatoms. The summed E-state index contributed by atoms with van der Waals surface area (Å²) in [6, 6.07) is 14.0. The van der Waals surface area contributed by atoms with E-state index in [1.54, 1.807) is 29.2 Å². The van der Waals surface area contributed by atoms with Gasteiger partial charge < -0.3 is 10.0 Å². The lowest BCUT2D eigenvalue weighted by Crippen LogP contribution is -2.36. The molecule has 0 fully saturated rings. The normalized spacial score (nSPS) is 13.3. The van der Waals surface area contributed by atoms with Gasteiger partial charge in [0, 0.05) is 30.1 Å². The predicted molar refractivity (Wildman–Crippen MR) is 116 cm³/mol. The minimum atomic E-state index is -0.795. The first kappa shape index (κ1) is 20.1. The summed E-state index contributed by atoms with van der Waals surface area (Å²) in [5, 5.41) is 10.9. The molecule has 3 aromatic carbocycles. The molecule has 5 nitrogen and oxygen atoms in total. The fourth-order valence-electron chi connectivity index (χ4n) is 4.11. The van der Waals surface area contributed by atoms with E-state index in [0.717, 1.165) is 28.8 Å². The highest BCUT2D eigenvalue weighted by atomic mass is 19.1. The summed E-state index contributed by atoms with van der Waals surface area (Å²) >= 11 is 0. The van der Waals surface area contributed by atoms with E-state index in [1.165, 1.54) is 6.07 Å². The smallest absolute Gasteiger partial charge is 0.273 e. The fourth-order valence-corrected chi connectivity index (χ4v) is 4.11. The molecule has 0 saturated heterocycles. The zero-order chi connectivity index (χ0) is 22.4. The van der Waals surface area contributed by atoms with Gasteiger partial charge in [-0.05, 0) is 42.7 Å². The van der Waals surface area contributed by atoms with Crippen LogP contribution in [-0.4, -0.2) is 32.4 Å². The molecule has 160 valence electrons. The summed E-state index contributed by atoms with van der Waals surface area (Å²) in [6.45, 7) is 2.60. The largest absolute Gasteiger partial charge is 0.507 e. The first-order valence-corrected chi connectivity index (χ1v) is 10.2. The molecule has 1 aromatic heterocycles. The van der Waals surface area contributed by atoms with Gasteiger partial charge in [-0.25, -0.2) is 18.7 Å². The summed E-state index contributed by atoms with van der Waals surface area (Å²) in [6.07, 6.45) is 0.525. The Bertz CT molecular complexity index is 1390. The first-order valence-electron chi connectivity index (χ1n) is 10.2. The lowest BCUT2D eigenvalue weighted by Gasteiger charge is -2.29. The fraction of sp³-hybridized carbons (Fsp3) is 0.160. The van der Waals surface area contributed by atoms with Crippen molar-refractivity contribution in [3.05, 3.63) is 88.6 Å². The van der Waals surface area contributed by atoms with E-state index < -0.39 is 11.6 Å². The monoisotopic (exact) mass is 431 g/mol. The third-order valence-electron chi connectivity index (χ3n) is 5.84. The quantitative estimate of drug-likeness (QED) is 0.496. The molecule has 0 unspecified atom stereocenters. The van der Waals surface area contributed by atoms with Crippen molar-refractivity contribution in [2.45, 2.75) is 19.9 Å². The van der Waals surface area contributed by atoms with Gasteiger partial charge in [0.25, 0.3) is 5.91 Å². The number of aryl methyl sites for hydroxylation is 1. The number of carbonyl (C=O) groups excluding carboxylic acids is 1. The average Bonchev–Trinajstić information content (AvgIpc) is 2.80. The molecule has 1 aliphatic heterocycles. The first-order chi connectivity index (χ1) is 15.4. The Kier molecular flexibility index (Phi) is 4.81. The van der Waals surface area contributed by atoms with Gasteiger partial charge in [-0.15, -0.1) is 0 Å². The molecule has 1 amide bonds. The molecular weight excluding hydrogens is 412 g/mol. The zero-order valence-corrected chi connectivity index (χ0v) is 17.3. The number of amides is 1. The number of rotatable bonds is 2. The van der Waals surface area contributed by atoms with E-state index >= 15 is 0 Å². The molecule has 0 bridgehead atoms. The summed E-state index contributed by atoms with van der Waals surface area (Å²) in [4.78, 5) is 24.0. The van der Waals surface area contributed by atoms with Crippen LogP contribution in [0, 0.1) is 18.6 Å². The van der Waals surface area contributed by atoms with Gasteiger partial charge in [-0.3, -0.25) is 4.79 Å². The van der Waals surface area contributed by atoms with E-state index in [1.807, 2.05) is 19.1 Å². The predicted octanol–water partition coefficient (Wildman–Crippen LogP) is 4.79. The van der Waals surface area contributed by atoms with E-state index in [9.17, 15) is 18.7 Å². The van der Waals surface area contributed by atoms with Crippen LogP contribution in [0.2, 0.25) is 0 Å². The number of nitrogens with zero attached hydrogens (tertiary/aromatic N) is 3. The van der Waals surface area contributed by atoms with Crippen molar-refractivity contribution in [1.29, 1.82) is 0 Å². The lowest BCUT2D eigenvalue weighted by atomic mass is 9.96. The maximum Gasteiger partial charge on any atom is 0.273 e. The number of benzene rings is 3. The van der Waals surface area contributed by atoms with Crippen molar-refractivity contribution in [3.8, 4) is 17.1 Å². The highest BCUT2D eigenvalue weighted by Crippen LogP contribution is 2.31. The van der Waals surface area contributed by atoms with Crippen molar-refractivity contribution >= 4 is 16.8 Å². The molecule has 5 rings (SSSR count). The van der Waals surface area contributed by atoms with Crippen LogP contribution in [0.1, 0.15) is 27.2 Å². The number of para-hydroxylation sites is 1. The summed E-state index contributed by atoms with van der Waals surface area (Å²) in [7, 11) is 0. The molecule has 0 saturated carbocycles. The van der Waals surface area contributed by atoms with Gasteiger partial charge in [0.15, 0.2) is 5.82 Å². The Morgan fingerprint density at radius 2 is 1.88 bits per heavy atom. The number of halogens is 2. The Morgan fingerprint density at radius 3 is 2.69 bits per heavy atom. The van der Waals surface area contributed by atoms with Gasteiger partial charge in [-0.1, -0.05) is 30.3 Å². The van der Waals surface area contributed by atoms with Gasteiger partial charge in [-0.2, -0.15) is 0 Å². The molecule has 0 radical (unpaired) electrons. The number of aromatic hydroxyl groups is 1. The second-order valence-electron chi connectivity index (χ2n) is 7.88. The van der Waals surface area contributed by atoms with Crippen LogP contribution in [0.15, 0.2) is 54.6 Å². The Morgan fingerprint density at radius 1 is 1.06 bits per heavy atom. The topological polar surface area (TPSA) is 66.3 Å². The van der Waals surface area contributed by atoms with Crippen LogP contribution >= 0.6 is 0 Å². The number of aromatic nitrogens is 2. The van der Waals surface area contributed by atoms with Crippen LogP contribution in [0.4, 0.5) is 8.78 Å². The number of fused-ring (bicyclic) bond motifs is 2.